The zero-order valence-corrected chi connectivity index (χ0v) is 15.6. The molecular weight excluding hydrogens is 369 g/mol. The van der Waals surface area contributed by atoms with Gasteiger partial charge < -0.3 is 4.90 Å². The Labute approximate surface area is 167 Å². The number of benzene rings is 1. The molecule has 144 valence electrons. The Bertz CT molecular complexity index is 1120. The highest BCUT2D eigenvalue weighted by Crippen LogP contribution is 2.34. The summed E-state index contributed by atoms with van der Waals surface area (Å²) < 4.78 is 16.7. The molecule has 1 amide bonds. The lowest BCUT2D eigenvalue weighted by Crippen LogP contribution is -2.44. The minimum absolute atomic E-state index is 0.457. The van der Waals surface area contributed by atoms with Crippen LogP contribution in [0.4, 0.5) is 10.1 Å². The molecule has 3 aromatic rings. The molecule has 5 rings (SSSR count). The van der Waals surface area contributed by atoms with E-state index < -0.39 is 11.6 Å². The molecule has 1 atom stereocenters. The van der Waals surface area contributed by atoms with Crippen LogP contribution in [-0.2, 0) is 17.8 Å². The average Bonchev–Trinajstić information content (AvgIpc) is 3.48. The van der Waals surface area contributed by atoms with Gasteiger partial charge in [0.2, 0.25) is 5.67 Å². The van der Waals surface area contributed by atoms with Crippen LogP contribution in [0.25, 0.3) is 11.3 Å². The van der Waals surface area contributed by atoms with E-state index in [1.54, 1.807) is 12.4 Å². The third-order valence-electron chi connectivity index (χ3n) is 5.26. The molecule has 2 aliphatic heterocycles. The Balaban J connectivity index is 1.43. The van der Waals surface area contributed by atoms with Crippen molar-refractivity contribution in [3.63, 3.8) is 0 Å². The number of anilines is 1. The molecule has 0 saturated carbocycles. The smallest absolute Gasteiger partial charge is 0.274 e. The number of nitrogens with zero attached hydrogens (tertiary/aromatic N) is 5. The van der Waals surface area contributed by atoms with Gasteiger partial charge in [-0.3, -0.25) is 19.5 Å². The highest BCUT2D eigenvalue weighted by atomic mass is 19.1. The number of carbonyl (C=O) groups is 1. The van der Waals surface area contributed by atoms with E-state index in [-0.39, 0.29) is 0 Å². The SMILES string of the molecule is O=C(N1CCc2cc(-c3ccnn3Cc3ccccn3)ccc21)C1(F)C=CN=C1. The van der Waals surface area contributed by atoms with Gasteiger partial charge in [-0.2, -0.15) is 5.10 Å². The van der Waals surface area contributed by atoms with E-state index in [0.29, 0.717) is 19.5 Å². The van der Waals surface area contributed by atoms with Crippen LogP contribution in [0.3, 0.4) is 0 Å². The van der Waals surface area contributed by atoms with Crippen LogP contribution in [0, 0.1) is 0 Å². The van der Waals surface area contributed by atoms with Gasteiger partial charge in [-0.25, -0.2) is 4.39 Å². The highest BCUT2D eigenvalue weighted by molar-refractivity contribution is 6.13. The van der Waals surface area contributed by atoms with Crippen molar-refractivity contribution in [2.45, 2.75) is 18.6 Å². The molecule has 1 aromatic carbocycles. The number of fused-ring (bicyclic) bond motifs is 1. The van der Waals surface area contributed by atoms with Gasteiger partial charge in [0, 0.05) is 36.4 Å². The van der Waals surface area contributed by atoms with Crippen LogP contribution in [-0.4, -0.2) is 39.1 Å². The normalized spacial score (nSPS) is 19.7. The van der Waals surface area contributed by atoms with E-state index in [1.807, 2.05) is 41.1 Å². The Morgan fingerprint density at radius 2 is 2.10 bits per heavy atom. The van der Waals surface area contributed by atoms with Gasteiger partial charge in [-0.05, 0) is 48.4 Å². The quantitative estimate of drug-likeness (QED) is 0.691. The lowest BCUT2D eigenvalue weighted by atomic mass is 10.0. The van der Waals surface area contributed by atoms with Crippen LogP contribution in [0.5, 0.6) is 0 Å². The van der Waals surface area contributed by atoms with Gasteiger partial charge in [-0.15, -0.1) is 0 Å². The van der Waals surface area contributed by atoms with Gasteiger partial charge in [0.1, 0.15) is 0 Å². The van der Waals surface area contributed by atoms with E-state index in [9.17, 15) is 9.18 Å². The standard InChI is InChI=1S/C22H18FN5O/c23-22(8-11-24-15-22)21(29)27-12-7-17-13-16(4-5-19(17)27)20-6-10-26-28(20)14-18-3-1-2-9-25-18/h1-6,8-11,13,15H,7,12,14H2. The summed E-state index contributed by atoms with van der Waals surface area (Å²) in [6.07, 6.45) is 7.78. The van der Waals surface area contributed by atoms with E-state index in [2.05, 4.69) is 21.1 Å². The Kier molecular flexibility index (Phi) is 4.08. The second-order valence-corrected chi connectivity index (χ2v) is 7.11. The maximum Gasteiger partial charge on any atom is 0.274 e. The van der Waals surface area contributed by atoms with Crippen LogP contribution >= 0.6 is 0 Å². The molecule has 1 unspecified atom stereocenters. The van der Waals surface area contributed by atoms with Crippen molar-refractivity contribution in [3.8, 4) is 11.3 Å². The molecule has 6 nitrogen and oxygen atoms in total. The Morgan fingerprint density at radius 1 is 1.17 bits per heavy atom. The van der Waals surface area contributed by atoms with Gasteiger partial charge >= 0.3 is 0 Å². The predicted octanol–water partition coefficient (Wildman–Crippen LogP) is 3.19. The average molecular weight is 387 g/mol. The van der Waals surface area contributed by atoms with E-state index in [4.69, 9.17) is 0 Å². The summed E-state index contributed by atoms with van der Waals surface area (Å²) in [5, 5.41) is 4.43. The third-order valence-corrected chi connectivity index (χ3v) is 5.26. The lowest BCUT2D eigenvalue weighted by molar-refractivity contribution is -0.123. The fraction of sp³-hybridized carbons (Fsp3) is 0.182. The zero-order chi connectivity index (χ0) is 19.8. The summed E-state index contributed by atoms with van der Waals surface area (Å²) in [4.78, 5) is 22.3. The number of hydrogen-bond donors (Lipinski definition) is 0. The molecule has 29 heavy (non-hydrogen) atoms. The lowest BCUT2D eigenvalue weighted by Gasteiger charge is -2.23. The molecule has 0 bridgehead atoms. The number of hydrogen-bond acceptors (Lipinski definition) is 4. The number of carbonyl (C=O) groups excluding carboxylic acids is 1. The van der Waals surface area contributed by atoms with Crippen molar-refractivity contribution in [2.24, 2.45) is 4.99 Å². The summed E-state index contributed by atoms with van der Waals surface area (Å²) >= 11 is 0. The first kappa shape index (κ1) is 17.5. The topological polar surface area (TPSA) is 63.4 Å². The monoisotopic (exact) mass is 387 g/mol. The molecular formula is C22H18FN5O. The number of pyridine rings is 1. The number of alkyl halides is 1. The van der Waals surface area contributed by atoms with Crippen molar-refractivity contribution >= 4 is 17.8 Å². The largest absolute Gasteiger partial charge is 0.308 e. The molecule has 7 heteroatoms. The van der Waals surface area contributed by atoms with Crippen molar-refractivity contribution in [1.82, 2.24) is 14.8 Å². The van der Waals surface area contributed by atoms with Crippen molar-refractivity contribution < 1.29 is 9.18 Å². The minimum atomic E-state index is -2.15. The molecule has 0 aliphatic carbocycles. The molecule has 0 radical (unpaired) electrons. The first-order valence-corrected chi connectivity index (χ1v) is 9.42. The summed E-state index contributed by atoms with van der Waals surface area (Å²) in [7, 11) is 0. The fourth-order valence-electron chi connectivity index (χ4n) is 3.80. The third kappa shape index (κ3) is 3.04. The van der Waals surface area contributed by atoms with E-state index in [0.717, 1.165) is 34.4 Å². The van der Waals surface area contributed by atoms with Crippen molar-refractivity contribution in [2.75, 3.05) is 11.4 Å². The minimum Gasteiger partial charge on any atom is -0.308 e. The van der Waals surface area contributed by atoms with Gasteiger partial charge in [-0.1, -0.05) is 12.1 Å². The number of halogens is 1. The van der Waals surface area contributed by atoms with Gasteiger partial charge in [0.05, 0.1) is 24.1 Å². The molecule has 2 aliphatic rings. The first-order chi connectivity index (χ1) is 14.1. The molecule has 0 spiro atoms. The summed E-state index contributed by atoms with van der Waals surface area (Å²) in [6, 6.07) is 13.6. The molecule has 2 aromatic heterocycles. The van der Waals surface area contributed by atoms with Crippen molar-refractivity contribution in [3.05, 3.63) is 78.4 Å². The maximum absolute atomic E-state index is 14.8. The molecule has 0 fully saturated rings. The Hall–Kier alpha value is -3.61. The first-order valence-electron chi connectivity index (χ1n) is 9.42. The number of aromatic nitrogens is 3. The van der Waals surface area contributed by atoms with Gasteiger partial charge in [0.25, 0.3) is 5.91 Å². The van der Waals surface area contributed by atoms with Crippen LogP contribution in [0.15, 0.2) is 72.1 Å². The molecule has 0 N–H and O–H groups in total. The predicted molar refractivity (Wildman–Crippen MR) is 109 cm³/mol. The van der Waals surface area contributed by atoms with Crippen molar-refractivity contribution in [1.29, 1.82) is 0 Å². The van der Waals surface area contributed by atoms with Crippen LogP contribution in [0.2, 0.25) is 0 Å². The molecule has 0 saturated heterocycles. The second kappa shape index (κ2) is 6.77. The van der Waals surface area contributed by atoms with E-state index in [1.165, 1.54) is 17.2 Å². The van der Waals surface area contributed by atoms with Gasteiger partial charge in [0.15, 0.2) is 0 Å². The van der Waals surface area contributed by atoms with Crippen LogP contribution < -0.4 is 4.90 Å². The summed E-state index contributed by atoms with van der Waals surface area (Å²) in [5.74, 6) is -0.596. The fourth-order valence-corrected chi connectivity index (χ4v) is 3.80. The Morgan fingerprint density at radius 3 is 2.90 bits per heavy atom. The van der Waals surface area contributed by atoms with Crippen LogP contribution in [0.1, 0.15) is 11.3 Å². The van der Waals surface area contributed by atoms with E-state index >= 15 is 0 Å². The maximum atomic E-state index is 14.8. The summed E-state index contributed by atoms with van der Waals surface area (Å²) in [6.45, 7) is 1.03. The second-order valence-electron chi connectivity index (χ2n) is 7.11. The zero-order valence-electron chi connectivity index (χ0n) is 15.6. The summed E-state index contributed by atoms with van der Waals surface area (Å²) in [5.41, 5.74) is 2.51. The number of aliphatic imine (C=N–C) groups is 1. The number of amides is 1. The number of rotatable bonds is 4. The highest BCUT2D eigenvalue weighted by Gasteiger charge is 2.42. The molecule has 4 heterocycles.